The third kappa shape index (κ3) is 5.59. The lowest BCUT2D eigenvalue weighted by molar-refractivity contribution is -0.134. The molecule has 0 saturated carbocycles. The summed E-state index contributed by atoms with van der Waals surface area (Å²) in [4.78, 5) is 22.7. The molecule has 4 heteroatoms. The van der Waals surface area contributed by atoms with Crippen LogP contribution in [0.2, 0.25) is 0 Å². The van der Waals surface area contributed by atoms with Crippen LogP contribution in [0.1, 0.15) is 60.3 Å². The smallest absolute Gasteiger partial charge is 0.332 e. The Bertz CT molecular complexity index is 422. The molecule has 0 aromatic heterocycles. The van der Waals surface area contributed by atoms with Crippen molar-refractivity contribution in [3.63, 3.8) is 0 Å². The minimum absolute atomic E-state index is 0.246. The molecule has 0 amide bonds. The van der Waals surface area contributed by atoms with Crippen molar-refractivity contribution >= 4 is 11.9 Å². The first-order chi connectivity index (χ1) is 9.15. The van der Waals surface area contributed by atoms with Gasteiger partial charge in [0.1, 0.15) is 0 Å². The summed E-state index contributed by atoms with van der Waals surface area (Å²) in [6, 6.07) is 0. The predicted octanol–water partition coefficient (Wildman–Crippen LogP) is 4.02. The highest BCUT2D eigenvalue weighted by molar-refractivity contribution is 5.91. The molecule has 0 saturated heterocycles. The second-order valence-corrected chi connectivity index (χ2v) is 5.88. The molecule has 0 unspecified atom stereocenters. The van der Waals surface area contributed by atoms with E-state index in [-0.39, 0.29) is 5.57 Å². The van der Waals surface area contributed by atoms with Gasteiger partial charge in [0.2, 0.25) is 0 Å². The van der Waals surface area contributed by atoms with Crippen LogP contribution in [0.15, 0.2) is 22.8 Å². The summed E-state index contributed by atoms with van der Waals surface area (Å²) in [7, 11) is 0. The van der Waals surface area contributed by atoms with Gasteiger partial charge < -0.3 is 10.2 Å². The highest BCUT2D eigenvalue weighted by Crippen LogP contribution is 2.29. The molecule has 4 nitrogen and oxygen atoms in total. The number of rotatable bonds is 7. The Balaban J connectivity index is 5.87. The summed E-state index contributed by atoms with van der Waals surface area (Å²) in [5, 5.41) is 18.6. The van der Waals surface area contributed by atoms with Gasteiger partial charge >= 0.3 is 11.9 Å². The number of hydrogen-bond acceptors (Lipinski definition) is 2. The minimum Gasteiger partial charge on any atom is -0.478 e. The standard InChI is InChI=1S/C16H26O4/c1-6-8-9-11(12(7-2)14(17)18)10-13(15(19)20)16(3,4)5/h10H,6-9H2,1-5H3,(H,17,18)(H,19,20). The van der Waals surface area contributed by atoms with E-state index in [1.165, 1.54) is 0 Å². The molecule has 0 heterocycles. The average molecular weight is 282 g/mol. The van der Waals surface area contributed by atoms with Crippen molar-refractivity contribution in [2.24, 2.45) is 5.41 Å². The highest BCUT2D eigenvalue weighted by atomic mass is 16.4. The van der Waals surface area contributed by atoms with E-state index in [2.05, 4.69) is 0 Å². The number of hydrogen-bond donors (Lipinski definition) is 2. The van der Waals surface area contributed by atoms with E-state index < -0.39 is 17.4 Å². The maximum Gasteiger partial charge on any atom is 0.332 e. The normalized spacial score (nSPS) is 13.9. The van der Waals surface area contributed by atoms with Crippen molar-refractivity contribution in [1.82, 2.24) is 0 Å². The largest absolute Gasteiger partial charge is 0.478 e. The van der Waals surface area contributed by atoms with Gasteiger partial charge in [-0.3, -0.25) is 0 Å². The maximum absolute atomic E-state index is 11.4. The molecule has 0 aromatic carbocycles. The molecule has 0 fully saturated rings. The Labute approximate surface area is 121 Å². The summed E-state index contributed by atoms with van der Waals surface area (Å²) in [5.41, 5.74) is 0.659. The summed E-state index contributed by atoms with van der Waals surface area (Å²) in [6.45, 7) is 9.25. The fourth-order valence-electron chi connectivity index (χ4n) is 1.97. The number of allylic oxidation sites excluding steroid dienone is 2. The Morgan fingerprint density at radius 2 is 1.60 bits per heavy atom. The molecule has 0 atom stereocenters. The van der Waals surface area contributed by atoms with E-state index >= 15 is 0 Å². The van der Waals surface area contributed by atoms with Crippen LogP contribution in [0, 0.1) is 5.41 Å². The summed E-state index contributed by atoms with van der Waals surface area (Å²) < 4.78 is 0. The molecule has 0 aliphatic carbocycles. The first-order valence-electron chi connectivity index (χ1n) is 7.05. The van der Waals surface area contributed by atoms with Crippen LogP contribution in [0.3, 0.4) is 0 Å². The first-order valence-corrected chi connectivity index (χ1v) is 7.05. The van der Waals surface area contributed by atoms with Crippen molar-refractivity contribution in [2.75, 3.05) is 0 Å². The van der Waals surface area contributed by atoms with E-state index in [1.807, 2.05) is 27.7 Å². The zero-order valence-electron chi connectivity index (χ0n) is 13.1. The summed E-state index contributed by atoms with van der Waals surface area (Å²) in [5.74, 6) is -1.96. The van der Waals surface area contributed by atoms with Gasteiger partial charge in [-0.2, -0.15) is 0 Å². The van der Waals surface area contributed by atoms with E-state index in [9.17, 15) is 19.8 Å². The van der Waals surface area contributed by atoms with Crippen LogP contribution < -0.4 is 0 Å². The zero-order chi connectivity index (χ0) is 15.9. The average Bonchev–Trinajstić information content (AvgIpc) is 2.29. The second kappa shape index (κ2) is 7.88. The number of carbonyl (C=O) groups is 2. The SMILES string of the molecule is CCCCC(C=C(C(=O)O)C(C)(C)C)=C(CC)C(=O)O. The van der Waals surface area contributed by atoms with Crippen LogP contribution in [0.25, 0.3) is 0 Å². The lowest BCUT2D eigenvalue weighted by atomic mass is 9.84. The van der Waals surface area contributed by atoms with Gasteiger partial charge in [-0.25, -0.2) is 9.59 Å². The maximum atomic E-state index is 11.4. The monoisotopic (exact) mass is 282 g/mol. The van der Waals surface area contributed by atoms with Gasteiger partial charge in [0, 0.05) is 11.1 Å². The highest BCUT2D eigenvalue weighted by Gasteiger charge is 2.24. The van der Waals surface area contributed by atoms with E-state index in [4.69, 9.17) is 0 Å². The fraction of sp³-hybridized carbons (Fsp3) is 0.625. The van der Waals surface area contributed by atoms with Gasteiger partial charge in [0.15, 0.2) is 0 Å². The molecule has 2 N–H and O–H groups in total. The van der Waals surface area contributed by atoms with E-state index in [0.717, 1.165) is 12.8 Å². The van der Waals surface area contributed by atoms with E-state index in [0.29, 0.717) is 24.0 Å². The van der Waals surface area contributed by atoms with Gasteiger partial charge in [-0.1, -0.05) is 41.0 Å². The Hall–Kier alpha value is -1.58. The molecular weight excluding hydrogens is 256 g/mol. The summed E-state index contributed by atoms with van der Waals surface area (Å²) >= 11 is 0. The second-order valence-electron chi connectivity index (χ2n) is 5.88. The Morgan fingerprint density at radius 1 is 1.05 bits per heavy atom. The molecule has 0 spiro atoms. The van der Waals surface area contributed by atoms with Crippen LogP contribution in [-0.2, 0) is 9.59 Å². The molecular formula is C16H26O4. The van der Waals surface area contributed by atoms with Gasteiger partial charge in [-0.05, 0) is 36.3 Å². The van der Waals surface area contributed by atoms with Crippen molar-refractivity contribution in [2.45, 2.75) is 60.3 Å². The third-order valence-electron chi connectivity index (χ3n) is 3.16. The molecule has 114 valence electrons. The number of carboxylic acids is 2. The van der Waals surface area contributed by atoms with Crippen LogP contribution >= 0.6 is 0 Å². The number of carboxylic acid groups (broad SMARTS) is 2. The fourth-order valence-corrected chi connectivity index (χ4v) is 1.97. The molecule has 0 aliphatic rings. The summed E-state index contributed by atoms with van der Waals surface area (Å²) in [6.07, 6.45) is 4.33. The quantitative estimate of drug-likeness (QED) is 0.546. The first kappa shape index (κ1) is 18.4. The number of aliphatic carboxylic acids is 2. The van der Waals surface area contributed by atoms with E-state index in [1.54, 1.807) is 13.0 Å². The van der Waals surface area contributed by atoms with Crippen molar-refractivity contribution < 1.29 is 19.8 Å². The topological polar surface area (TPSA) is 74.6 Å². The minimum atomic E-state index is -0.993. The lowest BCUT2D eigenvalue weighted by Gasteiger charge is -2.20. The predicted molar refractivity (Wildman–Crippen MR) is 79.7 cm³/mol. The third-order valence-corrected chi connectivity index (χ3v) is 3.16. The molecule has 0 rings (SSSR count). The molecule has 0 aromatic rings. The molecule has 0 aliphatic heterocycles. The van der Waals surface area contributed by atoms with Crippen LogP contribution in [0.5, 0.6) is 0 Å². The Kier molecular flexibility index (Phi) is 7.25. The van der Waals surface area contributed by atoms with Crippen LogP contribution in [0.4, 0.5) is 0 Å². The molecule has 0 radical (unpaired) electrons. The van der Waals surface area contributed by atoms with Gasteiger partial charge in [-0.15, -0.1) is 0 Å². The Morgan fingerprint density at radius 3 is 1.90 bits per heavy atom. The van der Waals surface area contributed by atoms with Crippen molar-refractivity contribution in [3.8, 4) is 0 Å². The van der Waals surface area contributed by atoms with Crippen molar-refractivity contribution in [3.05, 3.63) is 22.8 Å². The van der Waals surface area contributed by atoms with Gasteiger partial charge in [0.25, 0.3) is 0 Å². The van der Waals surface area contributed by atoms with Crippen molar-refractivity contribution in [1.29, 1.82) is 0 Å². The molecule has 20 heavy (non-hydrogen) atoms. The van der Waals surface area contributed by atoms with Crippen LogP contribution in [-0.4, -0.2) is 22.2 Å². The zero-order valence-corrected chi connectivity index (χ0v) is 13.1. The van der Waals surface area contributed by atoms with Gasteiger partial charge in [0.05, 0.1) is 0 Å². The molecule has 0 bridgehead atoms. The lowest BCUT2D eigenvalue weighted by Crippen LogP contribution is -2.18. The number of unbranched alkanes of at least 4 members (excludes halogenated alkanes) is 1.